The maximum absolute atomic E-state index is 5.73. The van der Waals surface area contributed by atoms with Gasteiger partial charge >= 0.3 is 0 Å². The van der Waals surface area contributed by atoms with Crippen LogP contribution in [0.5, 0.6) is 0 Å². The highest BCUT2D eigenvalue weighted by atomic mass is 14.6. The van der Waals surface area contributed by atoms with E-state index in [0.29, 0.717) is 12.0 Å². The van der Waals surface area contributed by atoms with Gasteiger partial charge < -0.3 is 5.73 Å². The minimum atomic E-state index is 0.417. The lowest BCUT2D eigenvalue weighted by Crippen LogP contribution is -2.25. The highest BCUT2D eigenvalue weighted by Gasteiger charge is 2.03. The Bertz CT molecular complexity index is 50.7. The van der Waals surface area contributed by atoms with E-state index in [1.807, 2.05) is 13.8 Å². The molecule has 0 saturated heterocycles. The third kappa shape index (κ3) is 7.96. The fourth-order valence-electron chi connectivity index (χ4n) is 0.667. The van der Waals surface area contributed by atoms with E-state index in [2.05, 4.69) is 20.8 Å². The smallest absolute Gasteiger partial charge is 0.00617 e. The lowest BCUT2D eigenvalue weighted by molar-refractivity contribution is 0.460. The maximum atomic E-state index is 5.73. The van der Waals surface area contributed by atoms with Gasteiger partial charge in [0.2, 0.25) is 0 Å². The summed E-state index contributed by atoms with van der Waals surface area (Å²) in [5.74, 6) is 0.648. The first kappa shape index (κ1) is 12.6. The highest BCUT2D eigenvalue weighted by Crippen LogP contribution is 2.03. The molecule has 0 amide bonds. The first-order valence-electron chi connectivity index (χ1n) is 4.44. The van der Waals surface area contributed by atoms with Crippen molar-refractivity contribution in [1.82, 2.24) is 0 Å². The van der Waals surface area contributed by atoms with Crippen molar-refractivity contribution in [1.29, 1.82) is 0 Å². The number of rotatable bonds is 3. The molecule has 64 valence electrons. The van der Waals surface area contributed by atoms with Gasteiger partial charge in [-0.15, -0.1) is 0 Å². The molecule has 1 heteroatoms. The Balaban J connectivity index is 0. The first-order valence-corrected chi connectivity index (χ1v) is 4.44. The Labute approximate surface area is 66.0 Å². The van der Waals surface area contributed by atoms with Crippen LogP contribution in [0.1, 0.15) is 47.5 Å². The number of hydrogen-bond donors (Lipinski definition) is 1. The van der Waals surface area contributed by atoms with Crippen LogP contribution < -0.4 is 5.73 Å². The largest absolute Gasteiger partial charge is 0.327 e. The molecule has 1 unspecified atom stereocenters. The van der Waals surface area contributed by atoms with Crippen LogP contribution in [0.3, 0.4) is 0 Å². The van der Waals surface area contributed by atoms with E-state index >= 15 is 0 Å². The molecule has 1 nitrogen and oxygen atoms in total. The lowest BCUT2D eigenvalue weighted by Gasteiger charge is -2.12. The van der Waals surface area contributed by atoms with Crippen molar-refractivity contribution in [2.24, 2.45) is 11.7 Å². The third-order valence-corrected chi connectivity index (χ3v) is 1.48. The van der Waals surface area contributed by atoms with Gasteiger partial charge in [0, 0.05) is 6.04 Å². The molecule has 0 radical (unpaired) electrons. The third-order valence-electron chi connectivity index (χ3n) is 1.48. The van der Waals surface area contributed by atoms with Gasteiger partial charge in [-0.25, -0.2) is 0 Å². The molecule has 0 bridgehead atoms. The molecular formula is C9H23N. The van der Waals surface area contributed by atoms with Gasteiger partial charge in [-0.05, 0) is 12.3 Å². The lowest BCUT2D eigenvalue weighted by atomic mass is 10.0. The summed E-state index contributed by atoms with van der Waals surface area (Å²) in [4.78, 5) is 0. The zero-order chi connectivity index (χ0) is 8.57. The van der Waals surface area contributed by atoms with Crippen LogP contribution in [0, 0.1) is 5.92 Å². The number of nitrogens with two attached hydrogens (primary N) is 1. The Kier molecular flexibility index (Phi) is 11.3. The highest BCUT2D eigenvalue weighted by molar-refractivity contribution is 4.62. The van der Waals surface area contributed by atoms with Gasteiger partial charge in [-0.2, -0.15) is 0 Å². The normalized spacial score (nSPS) is 12.3. The molecule has 0 heterocycles. The van der Waals surface area contributed by atoms with Gasteiger partial charge in [0.25, 0.3) is 0 Å². The summed E-state index contributed by atoms with van der Waals surface area (Å²) >= 11 is 0. The summed E-state index contributed by atoms with van der Waals surface area (Å²) in [7, 11) is 0. The Hall–Kier alpha value is -0.0400. The SMILES string of the molecule is CC.CCCC(N)C(C)C. The molecule has 0 rings (SSSR count). The van der Waals surface area contributed by atoms with Crippen molar-refractivity contribution in [2.75, 3.05) is 0 Å². The molecule has 0 fully saturated rings. The molecular weight excluding hydrogens is 122 g/mol. The van der Waals surface area contributed by atoms with Gasteiger partial charge in [0.1, 0.15) is 0 Å². The van der Waals surface area contributed by atoms with Gasteiger partial charge in [0.15, 0.2) is 0 Å². The van der Waals surface area contributed by atoms with E-state index in [-0.39, 0.29) is 0 Å². The summed E-state index contributed by atoms with van der Waals surface area (Å²) in [5, 5.41) is 0. The van der Waals surface area contributed by atoms with Gasteiger partial charge in [0.05, 0.1) is 0 Å². The molecule has 0 aromatic heterocycles. The van der Waals surface area contributed by atoms with E-state index in [1.165, 1.54) is 6.42 Å². The van der Waals surface area contributed by atoms with Crippen LogP contribution in [0.4, 0.5) is 0 Å². The number of hydrogen-bond acceptors (Lipinski definition) is 1. The van der Waals surface area contributed by atoms with Crippen molar-refractivity contribution in [3.63, 3.8) is 0 Å². The van der Waals surface area contributed by atoms with Crippen LogP contribution in [0.15, 0.2) is 0 Å². The standard InChI is InChI=1S/C7H17N.C2H6/c1-4-5-7(8)6(2)3;1-2/h6-7H,4-5,8H2,1-3H3;1-2H3. The summed E-state index contributed by atoms with van der Waals surface area (Å²) in [6.07, 6.45) is 2.37. The molecule has 0 aromatic carbocycles. The van der Waals surface area contributed by atoms with Crippen LogP contribution in [-0.4, -0.2) is 6.04 Å². The monoisotopic (exact) mass is 145 g/mol. The Morgan fingerprint density at radius 1 is 1.20 bits per heavy atom. The zero-order valence-corrected chi connectivity index (χ0v) is 8.15. The molecule has 0 aromatic rings. The molecule has 1 atom stereocenters. The molecule has 0 spiro atoms. The van der Waals surface area contributed by atoms with Crippen LogP contribution in [0.25, 0.3) is 0 Å². The summed E-state index contributed by atoms with van der Waals surface area (Å²) in [6, 6.07) is 0.417. The predicted molar refractivity (Wildman–Crippen MR) is 49.1 cm³/mol. The van der Waals surface area contributed by atoms with Crippen molar-refractivity contribution in [2.45, 2.75) is 53.5 Å². The average molecular weight is 145 g/mol. The summed E-state index contributed by atoms with van der Waals surface area (Å²) < 4.78 is 0. The second-order valence-electron chi connectivity index (χ2n) is 2.70. The van der Waals surface area contributed by atoms with Crippen molar-refractivity contribution < 1.29 is 0 Å². The summed E-state index contributed by atoms with van der Waals surface area (Å²) in [5.41, 5.74) is 5.73. The van der Waals surface area contributed by atoms with Crippen LogP contribution in [0.2, 0.25) is 0 Å². The quantitative estimate of drug-likeness (QED) is 0.649. The molecule has 0 aliphatic heterocycles. The summed E-state index contributed by atoms with van der Waals surface area (Å²) in [6.45, 7) is 10.5. The van der Waals surface area contributed by atoms with Crippen molar-refractivity contribution in [3.8, 4) is 0 Å². The van der Waals surface area contributed by atoms with E-state index in [4.69, 9.17) is 5.73 Å². The molecule has 0 aliphatic rings. The Morgan fingerprint density at radius 2 is 1.60 bits per heavy atom. The fraction of sp³-hybridized carbons (Fsp3) is 1.00. The second-order valence-corrected chi connectivity index (χ2v) is 2.70. The molecule has 10 heavy (non-hydrogen) atoms. The van der Waals surface area contributed by atoms with Gasteiger partial charge in [-0.1, -0.05) is 41.0 Å². The van der Waals surface area contributed by atoms with Crippen molar-refractivity contribution in [3.05, 3.63) is 0 Å². The minimum Gasteiger partial charge on any atom is -0.327 e. The fourth-order valence-corrected chi connectivity index (χ4v) is 0.667. The molecule has 0 aliphatic carbocycles. The predicted octanol–water partition coefficient (Wildman–Crippen LogP) is 2.80. The minimum absolute atomic E-state index is 0.417. The van der Waals surface area contributed by atoms with Crippen LogP contribution in [-0.2, 0) is 0 Å². The topological polar surface area (TPSA) is 26.0 Å². The second kappa shape index (κ2) is 8.96. The first-order chi connectivity index (χ1) is 4.68. The van der Waals surface area contributed by atoms with E-state index in [9.17, 15) is 0 Å². The average Bonchev–Trinajstić information content (AvgIpc) is 1.93. The van der Waals surface area contributed by atoms with Crippen LogP contribution >= 0.6 is 0 Å². The Morgan fingerprint density at radius 3 is 1.70 bits per heavy atom. The van der Waals surface area contributed by atoms with Gasteiger partial charge in [-0.3, -0.25) is 0 Å². The van der Waals surface area contributed by atoms with E-state index in [0.717, 1.165) is 6.42 Å². The molecule has 2 N–H and O–H groups in total. The maximum Gasteiger partial charge on any atom is 0.00617 e. The van der Waals surface area contributed by atoms with E-state index < -0.39 is 0 Å². The zero-order valence-electron chi connectivity index (χ0n) is 8.15. The van der Waals surface area contributed by atoms with Crippen molar-refractivity contribution >= 4 is 0 Å². The van der Waals surface area contributed by atoms with E-state index in [1.54, 1.807) is 0 Å². The molecule has 0 saturated carbocycles.